The predicted octanol–water partition coefficient (Wildman–Crippen LogP) is 5.39. The molecule has 0 aromatic heterocycles. The van der Waals surface area contributed by atoms with Crippen molar-refractivity contribution in [1.82, 2.24) is 4.90 Å². The first-order chi connectivity index (χ1) is 14.5. The van der Waals surface area contributed by atoms with Gasteiger partial charge in [0.1, 0.15) is 5.75 Å². The lowest BCUT2D eigenvalue weighted by molar-refractivity contribution is -0.160. The van der Waals surface area contributed by atoms with Crippen molar-refractivity contribution in [3.8, 4) is 5.75 Å². The van der Waals surface area contributed by atoms with Gasteiger partial charge in [0.25, 0.3) is 5.91 Å². The summed E-state index contributed by atoms with van der Waals surface area (Å²) in [5.74, 6) is 1.91. The van der Waals surface area contributed by atoms with Crippen LogP contribution in [0.2, 0.25) is 0 Å². The van der Waals surface area contributed by atoms with Crippen LogP contribution < -0.4 is 4.74 Å². The van der Waals surface area contributed by atoms with Gasteiger partial charge in [0.05, 0.1) is 19.3 Å². The molecule has 30 heavy (non-hydrogen) atoms. The Morgan fingerprint density at radius 3 is 2.30 bits per heavy atom. The van der Waals surface area contributed by atoms with E-state index in [2.05, 4.69) is 15.9 Å². The Morgan fingerprint density at radius 2 is 1.67 bits per heavy atom. The zero-order valence-corrected chi connectivity index (χ0v) is 19.4. The van der Waals surface area contributed by atoms with Gasteiger partial charge in [0.2, 0.25) is 6.10 Å². The second-order valence-corrected chi connectivity index (χ2v) is 9.37. The topological polar surface area (TPSA) is 65.1 Å². The molecule has 0 saturated carbocycles. The Bertz CT molecular complexity index is 926. The summed E-state index contributed by atoms with van der Waals surface area (Å²) in [4.78, 5) is 14.6. The number of hydrogen-bond donors (Lipinski definition) is 0. The normalized spacial score (nSPS) is 19.2. The van der Waals surface area contributed by atoms with E-state index < -0.39 is 19.7 Å². The van der Waals surface area contributed by atoms with Crippen molar-refractivity contribution in [2.24, 2.45) is 0 Å². The number of carbonyl (C=O) groups is 1. The fraction of sp³-hybridized carbons (Fsp3) is 0.318. The second kappa shape index (κ2) is 10.4. The number of amides is 1. The Kier molecular flexibility index (Phi) is 7.89. The highest BCUT2D eigenvalue weighted by atomic mass is 79.9. The van der Waals surface area contributed by atoms with E-state index in [-0.39, 0.29) is 19.1 Å². The number of halogens is 1. The molecule has 1 fully saturated rings. The number of para-hydroxylation sites is 1. The average Bonchev–Trinajstić information content (AvgIpc) is 2.74. The summed E-state index contributed by atoms with van der Waals surface area (Å²) in [5.41, 5.74) is 0.972. The quantitative estimate of drug-likeness (QED) is 0.328. The number of hydrogen-bond acceptors (Lipinski definition) is 5. The minimum atomic E-state index is -3.38. The molecular formula is C22H25BrNO5P. The van der Waals surface area contributed by atoms with Gasteiger partial charge in [-0.3, -0.25) is 9.36 Å². The maximum atomic E-state index is 12.9. The van der Waals surface area contributed by atoms with Crippen molar-refractivity contribution >= 4 is 29.4 Å². The SMILES string of the molecule is CCOP(=O)(/C=C/[C@@H]1[C@H](Oc2ccccc2)C(=O)N1Cc1ccccc1Br)OCC. The molecule has 2 atom stereocenters. The summed E-state index contributed by atoms with van der Waals surface area (Å²) in [6.07, 6.45) is 0.987. The molecule has 2 aromatic rings. The van der Waals surface area contributed by atoms with E-state index in [4.69, 9.17) is 13.8 Å². The minimum absolute atomic E-state index is 0.132. The lowest BCUT2D eigenvalue weighted by Crippen LogP contribution is -2.65. The predicted molar refractivity (Wildman–Crippen MR) is 119 cm³/mol. The molecule has 8 heteroatoms. The molecule has 0 radical (unpaired) electrons. The number of β-lactam (4-membered cyclic amide) rings is 1. The number of rotatable bonds is 10. The highest BCUT2D eigenvalue weighted by Crippen LogP contribution is 2.50. The molecule has 3 rings (SSSR count). The number of carbonyl (C=O) groups excluding carboxylic acids is 1. The van der Waals surface area contributed by atoms with Crippen LogP contribution in [0.15, 0.2) is 71.0 Å². The molecule has 1 heterocycles. The Hall–Kier alpha value is -1.92. The minimum Gasteiger partial charge on any atom is -0.478 e. The monoisotopic (exact) mass is 493 g/mol. The molecule has 1 aliphatic heterocycles. The van der Waals surface area contributed by atoms with Gasteiger partial charge < -0.3 is 18.7 Å². The van der Waals surface area contributed by atoms with E-state index in [1.54, 1.807) is 37.0 Å². The van der Waals surface area contributed by atoms with Crippen molar-refractivity contribution in [3.05, 3.63) is 76.5 Å². The smallest absolute Gasteiger partial charge is 0.353 e. The Labute approximate surface area is 185 Å². The van der Waals surface area contributed by atoms with Crippen LogP contribution in [-0.4, -0.2) is 36.2 Å². The van der Waals surface area contributed by atoms with Gasteiger partial charge in [-0.2, -0.15) is 0 Å². The van der Waals surface area contributed by atoms with Crippen LogP contribution >= 0.6 is 23.5 Å². The van der Waals surface area contributed by atoms with Crippen LogP contribution in [0.1, 0.15) is 19.4 Å². The van der Waals surface area contributed by atoms with E-state index in [1.807, 2.05) is 42.5 Å². The zero-order chi connectivity index (χ0) is 21.6. The van der Waals surface area contributed by atoms with E-state index in [9.17, 15) is 9.36 Å². The van der Waals surface area contributed by atoms with Gasteiger partial charge >= 0.3 is 7.60 Å². The summed E-state index contributed by atoms with van der Waals surface area (Å²) in [7, 11) is -3.38. The van der Waals surface area contributed by atoms with Crippen molar-refractivity contribution < 1.29 is 23.1 Å². The average molecular weight is 494 g/mol. The summed E-state index contributed by atoms with van der Waals surface area (Å²) in [6.45, 7) is 4.43. The summed E-state index contributed by atoms with van der Waals surface area (Å²) in [5, 5.41) is 0. The Balaban J connectivity index is 1.84. The number of ether oxygens (including phenoxy) is 1. The van der Waals surface area contributed by atoms with E-state index in [0.29, 0.717) is 12.3 Å². The highest BCUT2D eigenvalue weighted by molar-refractivity contribution is 9.10. The van der Waals surface area contributed by atoms with Crippen molar-refractivity contribution in [2.75, 3.05) is 13.2 Å². The molecule has 1 amide bonds. The van der Waals surface area contributed by atoms with Crippen molar-refractivity contribution in [2.45, 2.75) is 32.5 Å². The first-order valence-corrected chi connectivity index (χ1v) is 12.2. The first-order valence-electron chi connectivity index (χ1n) is 9.81. The van der Waals surface area contributed by atoms with Crippen LogP contribution in [0.4, 0.5) is 0 Å². The number of benzene rings is 2. The summed E-state index contributed by atoms with van der Waals surface area (Å²) in [6, 6.07) is 16.5. The third-order valence-electron chi connectivity index (χ3n) is 4.59. The standard InChI is InChI=1S/C22H25BrNO5P/c1-3-27-30(26,28-4-2)15-14-20-21(29-18-11-6-5-7-12-18)22(25)24(20)16-17-10-8-9-13-19(17)23/h5-15,20-21H,3-4,16H2,1-2H3/b15-14+/t20-,21+/m1/s1. The summed E-state index contributed by atoms with van der Waals surface area (Å²) >= 11 is 3.53. The molecule has 0 bridgehead atoms. The van der Waals surface area contributed by atoms with Crippen LogP contribution in [0.5, 0.6) is 5.75 Å². The van der Waals surface area contributed by atoms with Gasteiger partial charge in [0.15, 0.2) is 0 Å². The molecule has 0 spiro atoms. The number of likely N-dealkylation sites (tertiary alicyclic amines) is 1. The van der Waals surface area contributed by atoms with Crippen LogP contribution in [0, 0.1) is 0 Å². The van der Waals surface area contributed by atoms with Crippen LogP contribution in [0.3, 0.4) is 0 Å². The van der Waals surface area contributed by atoms with Crippen LogP contribution in [0.25, 0.3) is 0 Å². The zero-order valence-electron chi connectivity index (χ0n) is 16.9. The van der Waals surface area contributed by atoms with Crippen LogP contribution in [-0.2, 0) is 25.0 Å². The van der Waals surface area contributed by atoms with Gasteiger partial charge in [-0.05, 0) is 43.7 Å². The third-order valence-corrected chi connectivity index (χ3v) is 7.13. The second-order valence-electron chi connectivity index (χ2n) is 6.62. The molecule has 1 saturated heterocycles. The van der Waals surface area contributed by atoms with E-state index in [0.717, 1.165) is 10.0 Å². The molecule has 2 aromatic carbocycles. The van der Waals surface area contributed by atoms with Crippen molar-refractivity contribution in [1.29, 1.82) is 0 Å². The van der Waals surface area contributed by atoms with Gasteiger partial charge in [-0.1, -0.05) is 52.3 Å². The molecular weight excluding hydrogens is 469 g/mol. The Morgan fingerprint density at radius 1 is 1.03 bits per heavy atom. The molecule has 0 unspecified atom stereocenters. The largest absolute Gasteiger partial charge is 0.478 e. The molecule has 6 nitrogen and oxygen atoms in total. The molecule has 1 aliphatic rings. The van der Waals surface area contributed by atoms with E-state index in [1.165, 1.54) is 5.82 Å². The molecule has 160 valence electrons. The van der Waals surface area contributed by atoms with Gasteiger partial charge in [-0.15, -0.1) is 0 Å². The fourth-order valence-corrected chi connectivity index (χ4v) is 4.94. The lowest BCUT2D eigenvalue weighted by atomic mass is 9.96. The van der Waals surface area contributed by atoms with Crippen molar-refractivity contribution in [3.63, 3.8) is 0 Å². The van der Waals surface area contributed by atoms with E-state index >= 15 is 0 Å². The molecule has 0 aliphatic carbocycles. The van der Waals surface area contributed by atoms with Gasteiger partial charge in [0, 0.05) is 16.8 Å². The third kappa shape index (κ3) is 5.41. The molecule has 0 N–H and O–H groups in total. The maximum absolute atomic E-state index is 12.9. The lowest BCUT2D eigenvalue weighted by Gasteiger charge is -2.45. The fourth-order valence-electron chi connectivity index (χ4n) is 3.18. The number of nitrogens with zero attached hydrogens (tertiary/aromatic N) is 1. The maximum Gasteiger partial charge on any atom is 0.353 e. The highest BCUT2D eigenvalue weighted by Gasteiger charge is 2.48. The van der Waals surface area contributed by atoms with Gasteiger partial charge in [-0.25, -0.2) is 0 Å². The summed E-state index contributed by atoms with van der Waals surface area (Å²) < 4.78 is 30.4. The first kappa shape index (κ1) is 22.8.